The standard InChI is InChI=1S/C14H18O2/c1-2-15-14-9-6-12(7-10-14)5-8-13-4-3-11-16-13/h5-10,13H,2-4,11H2,1H3/b8-5+. The molecule has 1 unspecified atom stereocenters. The van der Waals surface area contributed by atoms with Crippen molar-refractivity contribution in [1.29, 1.82) is 0 Å². The van der Waals surface area contributed by atoms with Crippen molar-refractivity contribution in [3.8, 4) is 5.75 Å². The molecular weight excluding hydrogens is 200 g/mol. The summed E-state index contributed by atoms with van der Waals surface area (Å²) in [6.45, 7) is 3.61. The van der Waals surface area contributed by atoms with Gasteiger partial charge in [-0.3, -0.25) is 0 Å². The van der Waals surface area contributed by atoms with Crippen molar-refractivity contribution in [2.24, 2.45) is 0 Å². The van der Waals surface area contributed by atoms with Crippen LogP contribution in [0.5, 0.6) is 5.75 Å². The second-order valence-electron chi connectivity index (χ2n) is 3.91. The predicted molar refractivity (Wildman–Crippen MR) is 65.6 cm³/mol. The molecule has 0 radical (unpaired) electrons. The van der Waals surface area contributed by atoms with Crippen molar-refractivity contribution in [1.82, 2.24) is 0 Å². The first kappa shape index (κ1) is 11.2. The van der Waals surface area contributed by atoms with E-state index in [1.807, 2.05) is 19.1 Å². The number of benzene rings is 1. The molecular formula is C14H18O2. The molecule has 1 aromatic rings. The van der Waals surface area contributed by atoms with Gasteiger partial charge in [0.05, 0.1) is 12.7 Å². The van der Waals surface area contributed by atoms with Crippen molar-refractivity contribution in [2.45, 2.75) is 25.9 Å². The maximum atomic E-state index is 5.53. The van der Waals surface area contributed by atoms with E-state index in [1.54, 1.807) is 0 Å². The van der Waals surface area contributed by atoms with E-state index in [1.165, 1.54) is 12.0 Å². The van der Waals surface area contributed by atoms with Crippen LogP contribution in [-0.2, 0) is 4.74 Å². The third kappa shape index (κ3) is 3.11. The maximum absolute atomic E-state index is 5.53. The lowest BCUT2D eigenvalue weighted by Crippen LogP contribution is -1.98. The van der Waals surface area contributed by atoms with Gasteiger partial charge in [0.1, 0.15) is 5.75 Å². The minimum atomic E-state index is 0.312. The fraction of sp³-hybridized carbons (Fsp3) is 0.429. The van der Waals surface area contributed by atoms with E-state index in [4.69, 9.17) is 9.47 Å². The van der Waals surface area contributed by atoms with Crippen LogP contribution in [-0.4, -0.2) is 19.3 Å². The summed E-state index contributed by atoms with van der Waals surface area (Å²) in [4.78, 5) is 0. The first-order valence-electron chi connectivity index (χ1n) is 5.91. The van der Waals surface area contributed by atoms with Gasteiger partial charge in [0, 0.05) is 6.61 Å². The van der Waals surface area contributed by atoms with E-state index >= 15 is 0 Å². The molecule has 0 aromatic heterocycles. The number of rotatable bonds is 4. The Labute approximate surface area is 96.9 Å². The molecule has 2 heteroatoms. The molecule has 1 fully saturated rings. The first-order chi connectivity index (χ1) is 7.88. The smallest absolute Gasteiger partial charge is 0.119 e. The second kappa shape index (κ2) is 5.71. The number of hydrogen-bond acceptors (Lipinski definition) is 2. The Balaban J connectivity index is 1.93. The molecule has 1 aliphatic rings. The van der Waals surface area contributed by atoms with Crippen LogP contribution in [0.4, 0.5) is 0 Å². The summed E-state index contributed by atoms with van der Waals surface area (Å²) < 4.78 is 10.9. The summed E-state index contributed by atoms with van der Waals surface area (Å²) >= 11 is 0. The molecule has 2 nitrogen and oxygen atoms in total. The lowest BCUT2D eigenvalue weighted by atomic mass is 10.1. The van der Waals surface area contributed by atoms with E-state index < -0.39 is 0 Å². The van der Waals surface area contributed by atoms with E-state index in [9.17, 15) is 0 Å². The summed E-state index contributed by atoms with van der Waals surface area (Å²) in [6.07, 6.45) is 6.90. The van der Waals surface area contributed by atoms with Crippen LogP contribution in [0, 0.1) is 0 Å². The van der Waals surface area contributed by atoms with Gasteiger partial charge in [0.15, 0.2) is 0 Å². The summed E-state index contributed by atoms with van der Waals surface area (Å²) in [7, 11) is 0. The highest BCUT2D eigenvalue weighted by atomic mass is 16.5. The molecule has 1 atom stereocenters. The van der Waals surface area contributed by atoms with E-state index in [0.29, 0.717) is 12.7 Å². The molecule has 1 heterocycles. The van der Waals surface area contributed by atoms with Crippen molar-refractivity contribution in [3.63, 3.8) is 0 Å². The van der Waals surface area contributed by atoms with Crippen LogP contribution >= 0.6 is 0 Å². The van der Waals surface area contributed by atoms with Crippen molar-refractivity contribution in [2.75, 3.05) is 13.2 Å². The highest BCUT2D eigenvalue weighted by Crippen LogP contribution is 2.16. The van der Waals surface area contributed by atoms with Gasteiger partial charge in [-0.1, -0.05) is 24.3 Å². The first-order valence-corrected chi connectivity index (χ1v) is 5.91. The Bertz CT molecular complexity index is 334. The monoisotopic (exact) mass is 218 g/mol. The van der Waals surface area contributed by atoms with Crippen molar-refractivity contribution in [3.05, 3.63) is 35.9 Å². The second-order valence-corrected chi connectivity index (χ2v) is 3.91. The molecule has 0 spiro atoms. The Morgan fingerprint density at radius 2 is 2.19 bits per heavy atom. The SMILES string of the molecule is CCOc1ccc(/C=C/C2CCCO2)cc1. The average Bonchev–Trinajstić information content (AvgIpc) is 2.82. The molecule has 0 bridgehead atoms. The predicted octanol–water partition coefficient (Wildman–Crippen LogP) is 3.28. The zero-order chi connectivity index (χ0) is 11.2. The van der Waals surface area contributed by atoms with E-state index in [0.717, 1.165) is 18.8 Å². The molecule has 16 heavy (non-hydrogen) atoms. The quantitative estimate of drug-likeness (QED) is 0.772. The Morgan fingerprint density at radius 3 is 2.81 bits per heavy atom. The molecule has 1 saturated heterocycles. The summed E-state index contributed by atoms with van der Waals surface area (Å²) in [5.74, 6) is 0.928. The van der Waals surface area contributed by atoms with E-state index in [2.05, 4.69) is 24.3 Å². The highest BCUT2D eigenvalue weighted by molar-refractivity contribution is 5.51. The summed E-state index contributed by atoms with van der Waals surface area (Å²) in [5.41, 5.74) is 1.19. The fourth-order valence-corrected chi connectivity index (χ4v) is 1.81. The molecule has 0 saturated carbocycles. The van der Waals surface area contributed by atoms with Gasteiger partial charge < -0.3 is 9.47 Å². The van der Waals surface area contributed by atoms with Gasteiger partial charge in [-0.25, -0.2) is 0 Å². The van der Waals surface area contributed by atoms with Crippen molar-refractivity contribution >= 4 is 6.08 Å². The van der Waals surface area contributed by atoms with Gasteiger partial charge in [0.2, 0.25) is 0 Å². The number of hydrogen-bond donors (Lipinski definition) is 0. The van der Waals surface area contributed by atoms with Crippen LogP contribution in [0.3, 0.4) is 0 Å². The van der Waals surface area contributed by atoms with Crippen LogP contribution in [0.15, 0.2) is 30.3 Å². The molecule has 86 valence electrons. The minimum Gasteiger partial charge on any atom is -0.494 e. The summed E-state index contributed by atoms with van der Waals surface area (Å²) in [6, 6.07) is 8.13. The third-order valence-electron chi connectivity index (χ3n) is 2.66. The van der Waals surface area contributed by atoms with Crippen LogP contribution in [0.1, 0.15) is 25.3 Å². The zero-order valence-corrected chi connectivity index (χ0v) is 9.69. The molecule has 0 N–H and O–H groups in total. The molecule has 0 amide bonds. The Hall–Kier alpha value is -1.28. The zero-order valence-electron chi connectivity index (χ0n) is 9.69. The molecule has 0 aliphatic carbocycles. The van der Waals surface area contributed by atoms with Gasteiger partial charge >= 0.3 is 0 Å². The van der Waals surface area contributed by atoms with Gasteiger partial charge in [-0.2, -0.15) is 0 Å². The molecule has 1 aliphatic heterocycles. The fourth-order valence-electron chi connectivity index (χ4n) is 1.81. The van der Waals surface area contributed by atoms with Gasteiger partial charge in [-0.15, -0.1) is 0 Å². The van der Waals surface area contributed by atoms with Crippen LogP contribution < -0.4 is 4.74 Å². The number of ether oxygens (including phenoxy) is 2. The lowest BCUT2D eigenvalue weighted by Gasteiger charge is -2.03. The average molecular weight is 218 g/mol. The van der Waals surface area contributed by atoms with Gasteiger partial charge in [0.25, 0.3) is 0 Å². The summed E-state index contributed by atoms with van der Waals surface area (Å²) in [5, 5.41) is 0. The van der Waals surface area contributed by atoms with Gasteiger partial charge in [-0.05, 0) is 37.5 Å². The Kier molecular flexibility index (Phi) is 4.00. The minimum absolute atomic E-state index is 0.312. The molecule has 1 aromatic carbocycles. The maximum Gasteiger partial charge on any atom is 0.119 e. The highest BCUT2D eigenvalue weighted by Gasteiger charge is 2.10. The van der Waals surface area contributed by atoms with Crippen LogP contribution in [0.25, 0.3) is 6.08 Å². The lowest BCUT2D eigenvalue weighted by molar-refractivity contribution is 0.146. The Morgan fingerprint density at radius 1 is 1.38 bits per heavy atom. The molecule has 2 rings (SSSR count). The topological polar surface area (TPSA) is 18.5 Å². The third-order valence-corrected chi connectivity index (χ3v) is 2.66. The van der Waals surface area contributed by atoms with Crippen LogP contribution in [0.2, 0.25) is 0 Å². The normalized spacial score (nSPS) is 20.4. The largest absolute Gasteiger partial charge is 0.494 e. The van der Waals surface area contributed by atoms with E-state index in [-0.39, 0.29) is 0 Å². The van der Waals surface area contributed by atoms with Crippen molar-refractivity contribution < 1.29 is 9.47 Å².